The fourth-order valence-electron chi connectivity index (χ4n) is 8.41. The minimum Gasteiger partial charge on any atom is -0.481 e. The molecule has 2 N–H and O–H groups in total. The zero-order chi connectivity index (χ0) is 36.0. The summed E-state index contributed by atoms with van der Waals surface area (Å²) in [4.78, 5) is 38.1. The summed E-state index contributed by atoms with van der Waals surface area (Å²) >= 11 is 14.3. The average molecular weight is 742 g/mol. The van der Waals surface area contributed by atoms with Gasteiger partial charge in [0.1, 0.15) is 0 Å². The molecular weight excluding hydrogens is 699 g/mol. The molecule has 4 aromatic rings. The number of piperidine rings is 1. The van der Waals surface area contributed by atoms with Crippen LogP contribution in [0.3, 0.4) is 0 Å². The van der Waals surface area contributed by atoms with Crippen molar-refractivity contribution in [2.45, 2.75) is 62.7 Å². The molecule has 4 fully saturated rings. The first-order valence-corrected chi connectivity index (χ1v) is 18.7. The molecule has 0 radical (unpaired) electrons. The van der Waals surface area contributed by atoms with E-state index in [1.54, 1.807) is 14.2 Å². The zero-order valence-corrected chi connectivity index (χ0v) is 30.9. The van der Waals surface area contributed by atoms with Crippen LogP contribution in [-0.4, -0.2) is 83.1 Å². The van der Waals surface area contributed by atoms with Crippen LogP contribution in [0, 0.1) is 0 Å². The number of hydrogen-bond donors (Lipinski definition) is 2. The van der Waals surface area contributed by atoms with E-state index in [0.29, 0.717) is 52.6 Å². The number of aromatic nitrogens is 2. The van der Waals surface area contributed by atoms with Crippen LogP contribution in [-0.2, 0) is 22.7 Å². The molecule has 52 heavy (non-hydrogen) atoms. The van der Waals surface area contributed by atoms with E-state index in [9.17, 15) is 9.59 Å². The first-order chi connectivity index (χ1) is 25.2. The highest BCUT2D eigenvalue weighted by molar-refractivity contribution is 6.39. The SMILES string of the molecule is COc1nc(-c2cccc(-c3cccc(-c4ccc(CN5CC6(CCC(=O)N6)C5)c(OC)n4)c3Cl)c2Cl)ccc1CN1CCC2(CCC(=O)N2)CC1. The number of rotatable bonds is 9. The smallest absolute Gasteiger partial charge is 0.220 e. The number of likely N-dealkylation sites (tertiary alicyclic amines) is 2. The molecule has 4 saturated heterocycles. The summed E-state index contributed by atoms with van der Waals surface area (Å²) < 4.78 is 11.5. The molecule has 2 spiro atoms. The molecule has 0 saturated carbocycles. The molecule has 270 valence electrons. The predicted molar refractivity (Wildman–Crippen MR) is 201 cm³/mol. The van der Waals surface area contributed by atoms with Gasteiger partial charge in [-0.15, -0.1) is 0 Å². The molecule has 4 aliphatic heterocycles. The van der Waals surface area contributed by atoms with E-state index in [-0.39, 0.29) is 22.9 Å². The topological polar surface area (TPSA) is 109 Å². The van der Waals surface area contributed by atoms with Crippen LogP contribution in [0.4, 0.5) is 0 Å². The quantitative estimate of drug-likeness (QED) is 0.200. The van der Waals surface area contributed by atoms with Gasteiger partial charge < -0.3 is 20.1 Å². The molecule has 2 aromatic heterocycles. The number of benzene rings is 2. The summed E-state index contributed by atoms with van der Waals surface area (Å²) in [6, 6.07) is 19.8. The maximum Gasteiger partial charge on any atom is 0.220 e. The van der Waals surface area contributed by atoms with E-state index in [0.717, 1.165) is 91.8 Å². The third kappa shape index (κ3) is 6.62. The van der Waals surface area contributed by atoms with Gasteiger partial charge in [-0.25, -0.2) is 9.97 Å². The van der Waals surface area contributed by atoms with Crippen LogP contribution in [0.2, 0.25) is 10.0 Å². The molecule has 0 bridgehead atoms. The van der Waals surface area contributed by atoms with Crippen molar-refractivity contribution < 1.29 is 19.1 Å². The van der Waals surface area contributed by atoms with Crippen LogP contribution >= 0.6 is 23.2 Å². The number of halogens is 2. The van der Waals surface area contributed by atoms with Crippen LogP contribution in [0.15, 0.2) is 60.7 Å². The molecule has 0 aliphatic carbocycles. The monoisotopic (exact) mass is 740 g/mol. The van der Waals surface area contributed by atoms with E-state index in [1.165, 1.54) is 0 Å². The highest BCUT2D eigenvalue weighted by atomic mass is 35.5. The van der Waals surface area contributed by atoms with Crippen molar-refractivity contribution in [3.05, 3.63) is 81.8 Å². The van der Waals surface area contributed by atoms with Gasteiger partial charge in [-0.2, -0.15) is 0 Å². The van der Waals surface area contributed by atoms with E-state index in [2.05, 4.69) is 26.5 Å². The van der Waals surface area contributed by atoms with Crippen molar-refractivity contribution in [3.63, 3.8) is 0 Å². The zero-order valence-electron chi connectivity index (χ0n) is 29.4. The van der Waals surface area contributed by atoms with Crippen LogP contribution in [0.5, 0.6) is 11.8 Å². The van der Waals surface area contributed by atoms with Crippen molar-refractivity contribution >= 4 is 35.0 Å². The molecule has 6 heterocycles. The summed E-state index contributed by atoms with van der Waals surface area (Å²) in [5.41, 5.74) is 6.38. The van der Waals surface area contributed by atoms with Crippen molar-refractivity contribution in [3.8, 4) is 45.4 Å². The largest absolute Gasteiger partial charge is 0.481 e. The van der Waals surface area contributed by atoms with Gasteiger partial charge in [-0.1, -0.05) is 71.7 Å². The fourth-order valence-corrected chi connectivity index (χ4v) is 9.06. The number of pyridine rings is 2. The first-order valence-electron chi connectivity index (χ1n) is 17.9. The van der Waals surface area contributed by atoms with Gasteiger partial charge in [-0.3, -0.25) is 19.4 Å². The lowest BCUT2D eigenvalue weighted by atomic mass is 9.86. The maximum absolute atomic E-state index is 11.9. The van der Waals surface area contributed by atoms with Gasteiger partial charge in [0.2, 0.25) is 23.6 Å². The number of nitrogens with zero attached hydrogens (tertiary/aromatic N) is 4. The third-order valence-electron chi connectivity index (χ3n) is 11.2. The highest BCUT2D eigenvalue weighted by Crippen LogP contribution is 2.43. The van der Waals surface area contributed by atoms with Crippen LogP contribution < -0.4 is 20.1 Å². The molecular formula is C40H42Cl2N6O4. The summed E-state index contributed by atoms with van der Waals surface area (Å²) in [7, 11) is 3.27. The second-order valence-electron chi connectivity index (χ2n) is 14.6. The van der Waals surface area contributed by atoms with Gasteiger partial charge in [0, 0.05) is 91.0 Å². The van der Waals surface area contributed by atoms with E-state index in [1.807, 2.05) is 54.6 Å². The van der Waals surface area contributed by atoms with E-state index in [4.69, 9.17) is 42.6 Å². The Balaban J connectivity index is 1.00. The normalized spacial score (nSPS) is 19.5. The summed E-state index contributed by atoms with van der Waals surface area (Å²) in [6.45, 7) is 4.87. The Labute approximate surface area is 313 Å². The lowest BCUT2D eigenvalue weighted by molar-refractivity contribution is -0.121. The van der Waals surface area contributed by atoms with Crippen LogP contribution in [0.25, 0.3) is 33.6 Å². The number of carbonyl (C=O) groups is 2. The summed E-state index contributed by atoms with van der Waals surface area (Å²) in [5.74, 6) is 1.42. The molecule has 0 unspecified atom stereocenters. The minimum atomic E-state index is -0.0785. The average Bonchev–Trinajstić information content (AvgIpc) is 3.71. The van der Waals surface area contributed by atoms with Gasteiger partial charge in [-0.05, 0) is 37.8 Å². The Kier molecular flexibility index (Phi) is 9.36. The summed E-state index contributed by atoms with van der Waals surface area (Å²) in [6.07, 6.45) is 4.96. The highest BCUT2D eigenvalue weighted by Gasteiger charge is 2.47. The predicted octanol–water partition coefficient (Wildman–Crippen LogP) is 6.51. The van der Waals surface area contributed by atoms with Gasteiger partial charge in [0.15, 0.2) is 0 Å². The van der Waals surface area contributed by atoms with Gasteiger partial charge >= 0.3 is 0 Å². The molecule has 2 amide bonds. The second kappa shape index (κ2) is 14.0. The van der Waals surface area contributed by atoms with E-state index < -0.39 is 0 Å². The number of carbonyl (C=O) groups excluding carboxylic acids is 2. The fraction of sp³-hybridized carbons (Fsp3) is 0.400. The Morgan fingerprint density at radius 1 is 0.635 bits per heavy atom. The van der Waals surface area contributed by atoms with E-state index >= 15 is 0 Å². The Hall–Kier alpha value is -4.22. The molecule has 8 rings (SSSR count). The lowest BCUT2D eigenvalue weighted by Crippen LogP contribution is -2.66. The van der Waals surface area contributed by atoms with Gasteiger partial charge in [0.05, 0.1) is 41.2 Å². The molecule has 0 atom stereocenters. The molecule has 4 aliphatic rings. The second-order valence-corrected chi connectivity index (χ2v) is 15.4. The number of methoxy groups -OCH3 is 2. The molecule has 2 aromatic carbocycles. The van der Waals surface area contributed by atoms with Crippen molar-refractivity contribution in [1.82, 2.24) is 30.4 Å². The number of ether oxygens (including phenoxy) is 2. The lowest BCUT2D eigenvalue weighted by Gasteiger charge is -2.48. The number of hydrogen-bond acceptors (Lipinski definition) is 8. The van der Waals surface area contributed by atoms with Gasteiger partial charge in [0.25, 0.3) is 0 Å². The van der Waals surface area contributed by atoms with Crippen LogP contribution in [0.1, 0.15) is 49.7 Å². The Bertz CT molecular complexity index is 2040. The standard InChI is InChI=1S/C40H42Cl2N6O4/c1-51-37-25(21-47-19-17-39(18-20-47)15-13-33(49)45-39)9-11-31(43-37)29-7-3-5-27(35(29)41)28-6-4-8-30(36(28)42)32-12-10-26(38(44-32)52-2)22-48-23-40(24-48)16-14-34(50)46-40/h3-12H,13-24H2,1-2H3,(H,45,49)(H,46,50). The van der Waals surface area contributed by atoms with Crippen molar-refractivity contribution in [2.75, 3.05) is 40.4 Å². The first kappa shape index (κ1) is 34.8. The number of nitrogens with one attached hydrogen (secondary N) is 2. The maximum atomic E-state index is 11.9. The summed E-state index contributed by atoms with van der Waals surface area (Å²) in [5, 5.41) is 7.43. The van der Waals surface area contributed by atoms with Crippen molar-refractivity contribution in [2.24, 2.45) is 0 Å². The third-order valence-corrected chi connectivity index (χ3v) is 12.0. The molecule has 10 nitrogen and oxygen atoms in total. The van der Waals surface area contributed by atoms with Crippen molar-refractivity contribution in [1.29, 1.82) is 0 Å². The Morgan fingerprint density at radius 2 is 1.10 bits per heavy atom. The molecule has 12 heteroatoms. The number of amides is 2. The Morgan fingerprint density at radius 3 is 1.56 bits per heavy atom. The minimum absolute atomic E-state index is 0.0340.